The third-order valence-electron chi connectivity index (χ3n) is 3.87. The fraction of sp³-hybridized carbons (Fsp3) is 0.800. The van der Waals surface area contributed by atoms with E-state index in [1.54, 1.807) is 26.0 Å². The SMILES string of the molecule is CN(CC(=O)NC1(C#N)CCCCCC1)CC(=O)N(C)C. The van der Waals surface area contributed by atoms with Crippen molar-refractivity contribution in [3.8, 4) is 6.07 Å². The van der Waals surface area contributed by atoms with E-state index in [2.05, 4.69) is 11.4 Å². The van der Waals surface area contributed by atoms with Gasteiger partial charge in [0.15, 0.2) is 0 Å². The Balaban J connectivity index is 2.51. The van der Waals surface area contributed by atoms with Gasteiger partial charge < -0.3 is 10.2 Å². The summed E-state index contributed by atoms with van der Waals surface area (Å²) < 4.78 is 0. The molecule has 1 saturated carbocycles. The predicted octanol–water partition coefficient (Wildman–Crippen LogP) is 0.739. The van der Waals surface area contributed by atoms with Gasteiger partial charge in [0, 0.05) is 14.1 Å². The molecule has 0 saturated heterocycles. The van der Waals surface area contributed by atoms with Gasteiger partial charge in [-0.15, -0.1) is 0 Å². The van der Waals surface area contributed by atoms with Crippen LogP contribution >= 0.6 is 0 Å². The van der Waals surface area contributed by atoms with E-state index in [-0.39, 0.29) is 24.9 Å². The first-order chi connectivity index (χ1) is 9.88. The fourth-order valence-corrected chi connectivity index (χ4v) is 2.58. The number of nitrogens with zero attached hydrogens (tertiary/aromatic N) is 3. The van der Waals surface area contributed by atoms with E-state index in [1.807, 2.05) is 0 Å². The number of nitriles is 1. The van der Waals surface area contributed by atoms with Crippen molar-refractivity contribution in [2.24, 2.45) is 0 Å². The molecule has 0 radical (unpaired) electrons. The lowest BCUT2D eigenvalue weighted by Gasteiger charge is -2.27. The molecule has 21 heavy (non-hydrogen) atoms. The molecule has 1 aliphatic carbocycles. The molecule has 0 aromatic heterocycles. The van der Waals surface area contributed by atoms with E-state index in [1.165, 1.54) is 4.90 Å². The molecule has 0 heterocycles. The molecule has 0 aromatic carbocycles. The van der Waals surface area contributed by atoms with Gasteiger partial charge in [-0.1, -0.05) is 25.7 Å². The van der Waals surface area contributed by atoms with E-state index in [9.17, 15) is 14.9 Å². The van der Waals surface area contributed by atoms with Crippen molar-refractivity contribution in [1.82, 2.24) is 15.1 Å². The minimum atomic E-state index is -0.722. The number of likely N-dealkylation sites (N-methyl/N-ethyl adjacent to an activating group) is 2. The number of hydrogen-bond acceptors (Lipinski definition) is 4. The van der Waals surface area contributed by atoms with Gasteiger partial charge in [0.1, 0.15) is 5.54 Å². The summed E-state index contributed by atoms with van der Waals surface area (Å²) in [4.78, 5) is 26.9. The summed E-state index contributed by atoms with van der Waals surface area (Å²) >= 11 is 0. The van der Waals surface area contributed by atoms with Gasteiger partial charge in [0.05, 0.1) is 19.2 Å². The normalized spacial score (nSPS) is 17.7. The van der Waals surface area contributed by atoms with Crippen LogP contribution in [0.4, 0.5) is 0 Å². The van der Waals surface area contributed by atoms with Crippen LogP contribution in [0.2, 0.25) is 0 Å². The smallest absolute Gasteiger partial charge is 0.236 e. The Bertz CT molecular complexity index is 406. The summed E-state index contributed by atoms with van der Waals surface area (Å²) in [6.07, 6.45) is 5.63. The maximum Gasteiger partial charge on any atom is 0.236 e. The second-order valence-corrected chi connectivity index (χ2v) is 6.12. The molecule has 1 aliphatic rings. The molecule has 0 unspecified atom stereocenters. The maximum absolute atomic E-state index is 12.1. The average Bonchev–Trinajstić information content (AvgIpc) is 2.64. The van der Waals surface area contributed by atoms with Crippen LogP contribution in [-0.4, -0.2) is 61.4 Å². The summed E-state index contributed by atoms with van der Waals surface area (Å²) in [6.45, 7) is 0.322. The van der Waals surface area contributed by atoms with Crippen molar-refractivity contribution < 1.29 is 9.59 Å². The topological polar surface area (TPSA) is 76.4 Å². The third-order valence-corrected chi connectivity index (χ3v) is 3.87. The second-order valence-electron chi connectivity index (χ2n) is 6.12. The molecule has 118 valence electrons. The lowest BCUT2D eigenvalue weighted by Crippen LogP contribution is -2.50. The zero-order valence-electron chi connectivity index (χ0n) is 13.3. The molecule has 0 aromatic rings. The Kier molecular flexibility index (Phi) is 6.63. The van der Waals surface area contributed by atoms with Gasteiger partial charge in [-0.25, -0.2) is 0 Å². The number of carbonyl (C=O) groups is 2. The summed E-state index contributed by atoms with van der Waals surface area (Å²) in [5, 5.41) is 12.3. The third kappa shape index (κ3) is 5.72. The first-order valence-corrected chi connectivity index (χ1v) is 7.49. The van der Waals surface area contributed by atoms with Crippen molar-refractivity contribution >= 4 is 11.8 Å². The lowest BCUT2D eigenvalue weighted by molar-refractivity contribution is -0.130. The molecule has 2 amide bonds. The van der Waals surface area contributed by atoms with Crippen LogP contribution in [0, 0.1) is 11.3 Å². The molecular formula is C15H26N4O2. The van der Waals surface area contributed by atoms with Crippen molar-refractivity contribution in [1.29, 1.82) is 5.26 Å². The Labute approximate surface area is 127 Å². The largest absolute Gasteiger partial charge is 0.348 e. The molecule has 0 aliphatic heterocycles. The number of hydrogen-bond donors (Lipinski definition) is 1. The van der Waals surface area contributed by atoms with Crippen LogP contribution in [-0.2, 0) is 9.59 Å². The van der Waals surface area contributed by atoms with E-state index < -0.39 is 5.54 Å². The maximum atomic E-state index is 12.1. The first-order valence-electron chi connectivity index (χ1n) is 7.49. The zero-order chi connectivity index (χ0) is 15.9. The standard InChI is InChI=1S/C15H26N4O2/c1-18(2)14(21)11-19(3)10-13(20)17-15(12-16)8-6-4-5-7-9-15/h4-11H2,1-3H3,(H,17,20). The molecule has 0 spiro atoms. The minimum Gasteiger partial charge on any atom is -0.348 e. The van der Waals surface area contributed by atoms with Crippen LogP contribution in [0.15, 0.2) is 0 Å². The monoisotopic (exact) mass is 294 g/mol. The molecule has 1 N–H and O–H groups in total. The van der Waals surface area contributed by atoms with E-state index >= 15 is 0 Å². The average molecular weight is 294 g/mol. The first kappa shape index (κ1) is 17.4. The van der Waals surface area contributed by atoms with Crippen molar-refractivity contribution in [3.63, 3.8) is 0 Å². The molecule has 0 atom stereocenters. The summed E-state index contributed by atoms with van der Waals surface area (Å²) in [5.74, 6) is -0.234. The quantitative estimate of drug-likeness (QED) is 0.759. The molecule has 1 fully saturated rings. The van der Waals surface area contributed by atoms with Crippen LogP contribution < -0.4 is 5.32 Å². The van der Waals surface area contributed by atoms with E-state index in [0.29, 0.717) is 0 Å². The predicted molar refractivity (Wildman–Crippen MR) is 80.4 cm³/mol. The summed E-state index contributed by atoms with van der Waals surface area (Å²) in [7, 11) is 5.10. The zero-order valence-corrected chi connectivity index (χ0v) is 13.3. The highest BCUT2D eigenvalue weighted by Gasteiger charge is 2.32. The summed E-state index contributed by atoms with van der Waals surface area (Å²) in [6, 6.07) is 2.29. The molecule has 0 bridgehead atoms. The van der Waals surface area contributed by atoms with Crippen LogP contribution in [0.1, 0.15) is 38.5 Å². The van der Waals surface area contributed by atoms with Gasteiger partial charge in [-0.2, -0.15) is 5.26 Å². The highest BCUT2D eigenvalue weighted by Crippen LogP contribution is 2.26. The van der Waals surface area contributed by atoms with Gasteiger partial charge >= 0.3 is 0 Å². The van der Waals surface area contributed by atoms with Crippen LogP contribution in [0.25, 0.3) is 0 Å². The summed E-state index contributed by atoms with van der Waals surface area (Å²) in [5.41, 5.74) is -0.722. The van der Waals surface area contributed by atoms with Gasteiger partial charge in [0.25, 0.3) is 0 Å². The van der Waals surface area contributed by atoms with Crippen LogP contribution in [0.3, 0.4) is 0 Å². The van der Waals surface area contributed by atoms with Crippen molar-refractivity contribution in [3.05, 3.63) is 0 Å². The van der Waals surface area contributed by atoms with Gasteiger partial charge in [-0.3, -0.25) is 14.5 Å². The molecular weight excluding hydrogens is 268 g/mol. The molecule has 1 rings (SSSR count). The van der Waals surface area contributed by atoms with Gasteiger partial charge in [0.2, 0.25) is 11.8 Å². The highest BCUT2D eigenvalue weighted by molar-refractivity contribution is 5.81. The Morgan fingerprint density at radius 3 is 2.14 bits per heavy atom. The number of rotatable bonds is 5. The molecule has 6 nitrogen and oxygen atoms in total. The Hall–Kier alpha value is -1.61. The highest BCUT2D eigenvalue weighted by atomic mass is 16.2. The lowest BCUT2D eigenvalue weighted by atomic mass is 9.92. The number of carbonyl (C=O) groups excluding carboxylic acids is 2. The van der Waals surface area contributed by atoms with Gasteiger partial charge in [-0.05, 0) is 19.9 Å². The van der Waals surface area contributed by atoms with Crippen LogP contribution in [0.5, 0.6) is 0 Å². The fourth-order valence-electron chi connectivity index (χ4n) is 2.58. The minimum absolute atomic E-state index is 0.0465. The Morgan fingerprint density at radius 2 is 1.67 bits per heavy atom. The number of nitrogens with one attached hydrogen (secondary N) is 1. The van der Waals surface area contributed by atoms with E-state index in [4.69, 9.17) is 0 Å². The van der Waals surface area contributed by atoms with E-state index in [0.717, 1.165) is 38.5 Å². The Morgan fingerprint density at radius 1 is 1.10 bits per heavy atom. The number of amides is 2. The van der Waals surface area contributed by atoms with Crippen molar-refractivity contribution in [2.45, 2.75) is 44.1 Å². The second kappa shape index (κ2) is 7.99. The van der Waals surface area contributed by atoms with Crippen molar-refractivity contribution in [2.75, 3.05) is 34.2 Å². The molecule has 6 heteroatoms.